The van der Waals surface area contributed by atoms with Crippen molar-refractivity contribution in [2.75, 3.05) is 46.9 Å². The molecule has 0 bridgehead atoms. The fourth-order valence-electron chi connectivity index (χ4n) is 3.48. The summed E-state index contributed by atoms with van der Waals surface area (Å²) in [7, 11) is 4.31. The highest BCUT2D eigenvalue weighted by Crippen LogP contribution is 2.38. The van der Waals surface area contributed by atoms with Crippen LogP contribution in [-0.2, 0) is 4.74 Å². The predicted octanol–water partition coefficient (Wildman–Crippen LogP) is 2.22. The summed E-state index contributed by atoms with van der Waals surface area (Å²) >= 11 is 0. The van der Waals surface area contributed by atoms with E-state index in [2.05, 4.69) is 30.8 Å². The molecule has 2 saturated heterocycles. The van der Waals surface area contributed by atoms with Crippen LogP contribution in [0.3, 0.4) is 0 Å². The average molecular weight is 254 g/mol. The van der Waals surface area contributed by atoms with Crippen molar-refractivity contribution in [3.63, 3.8) is 0 Å². The third kappa shape index (κ3) is 3.69. The second kappa shape index (κ2) is 6.36. The Morgan fingerprint density at radius 2 is 2.22 bits per heavy atom. The van der Waals surface area contributed by atoms with Gasteiger partial charge in [-0.15, -0.1) is 0 Å². The molecular formula is C15H30N2O. The van der Waals surface area contributed by atoms with Gasteiger partial charge in [0.05, 0.1) is 12.2 Å². The fourth-order valence-corrected chi connectivity index (χ4v) is 3.48. The lowest BCUT2D eigenvalue weighted by molar-refractivity contribution is -0.0518. The van der Waals surface area contributed by atoms with E-state index in [1.807, 2.05) is 0 Å². The molecule has 2 heterocycles. The first-order valence-corrected chi connectivity index (χ1v) is 7.64. The Hall–Kier alpha value is -0.120. The highest BCUT2D eigenvalue weighted by atomic mass is 16.5. The van der Waals surface area contributed by atoms with Crippen LogP contribution in [0.2, 0.25) is 0 Å². The summed E-state index contributed by atoms with van der Waals surface area (Å²) in [6.45, 7) is 8.18. The Morgan fingerprint density at radius 1 is 1.39 bits per heavy atom. The van der Waals surface area contributed by atoms with Crippen LogP contribution in [0.1, 0.15) is 39.0 Å². The van der Waals surface area contributed by atoms with Crippen molar-refractivity contribution in [2.24, 2.45) is 5.92 Å². The van der Waals surface area contributed by atoms with E-state index in [1.165, 1.54) is 58.3 Å². The maximum Gasteiger partial charge on any atom is 0.0812 e. The van der Waals surface area contributed by atoms with Gasteiger partial charge in [-0.25, -0.2) is 0 Å². The predicted molar refractivity (Wildman–Crippen MR) is 75.9 cm³/mol. The quantitative estimate of drug-likeness (QED) is 0.748. The normalized spacial score (nSPS) is 33.7. The number of hydrogen-bond acceptors (Lipinski definition) is 3. The smallest absolute Gasteiger partial charge is 0.0812 e. The summed E-state index contributed by atoms with van der Waals surface area (Å²) < 4.78 is 6.19. The maximum absolute atomic E-state index is 6.19. The molecule has 0 radical (unpaired) electrons. The van der Waals surface area contributed by atoms with Gasteiger partial charge in [0.25, 0.3) is 0 Å². The van der Waals surface area contributed by atoms with Gasteiger partial charge in [0.15, 0.2) is 0 Å². The minimum atomic E-state index is 0.219. The Kier molecular flexibility index (Phi) is 5.05. The molecule has 106 valence electrons. The molecule has 0 aliphatic carbocycles. The third-order valence-corrected chi connectivity index (χ3v) is 4.56. The summed E-state index contributed by atoms with van der Waals surface area (Å²) in [5.41, 5.74) is 0.219. The lowest BCUT2D eigenvalue weighted by Gasteiger charge is -2.40. The second-order valence-electron chi connectivity index (χ2n) is 6.51. The standard InChI is InChI=1S/C15H30N2O/c1-4-14-11-15(18-12-14)7-5-9-17(13-15)10-6-8-16(2)3/h14H,4-13H2,1-3H3/t14-,15-/m1/s1. The van der Waals surface area contributed by atoms with Crippen molar-refractivity contribution in [1.29, 1.82) is 0 Å². The first-order chi connectivity index (χ1) is 8.63. The molecule has 0 amide bonds. The highest BCUT2D eigenvalue weighted by Gasteiger charge is 2.42. The second-order valence-corrected chi connectivity index (χ2v) is 6.51. The van der Waals surface area contributed by atoms with Gasteiger partial charge in [-0.05, 0) is 65.3 Å². The van der Waals surface area contributed by atoms with E-state index in [0.717, 1.165) is 12.5 Å². The molecule has 1 spiro atoms. The van der Waals surface area contributed by atoms with Crippen molar-refractivity contribution in [2.45, 2.75) is 44.6 Å². The minimum Gasteiger partial charge on any atom is -0.373 e. The molecular weight excluding hydrogens is 224 g/mol. The molecule has 2 atom stereocenters. The van der Waals surface area contributed by atoms with Crippen LogP contribution in [0.4, 0.5) is 0 Å². The SMILES string of the molecule is CC[C@H]1CO[C@]2(CCCN(CCCN(C)C)C2)C1. The summed E-state index contributed by atoms with van der Waals surface area (Å²) in [6, 6.07) is 0. The van der Waals surface area contributed by atoms with Gasteiger partial charge in [0.1, 0.15) is 0 Å². The van der Waals surface area contributed by atoms with Gasteiger partial charge in [-0.3, -0.25) is 0 Å². The molecule has 18 heavy (non-hydrogen) atoms. The number of nitrogens with zero attached hydrogens (tertiary/aromatic N) is 2. The molecule has 2 fully saturated rings. The van der Waals surface area contributed by atoms with Gasteiger partial charge >= 0.3 is 0 Å². The lowest BCUT2D eigenvalue weighted by atomic mass is 9.86. The number of piperidine rings is 1. The van der Waals surface area contributed by atoms with Gasteiger partial charge in [0, 0.05) is 6.54 Å². The molecule has 2 rings (SSSR count). The topological polar surface area (TPSA) is 15.7 Å². The van der Waals surface area contributed by atoms with Gasteiger partial charge < -0.3 is 14.5 Å². The summed E-state index contributed by atoms with van der Waals surface area (Å²) in [5.74, 6) is 0.812. The summed E-state index contributed by atoms with van der Waals surface area (Å²) in [6.07, 6.45) is 6.46. The molecule has 0 N–H and O–H groups in total. The molecule has 0 unspecified atom stereocenters. The zero-order chi connectivity index (χ0) is 13.0. The van der Waals surface area contributed by atoms with E-state index in [0.29, 0.717) is 0 Å². The number of hydrogen-bond donors (Lipinski definition) is 0. The van der Waals surface area contributed by atoms with Crippen LogP contribution in [0, 0.1) is 5.92 Å². The molecule has 3 nitrogen and oxygen atoms in total. The van der Waals surface area contributed by atoms with Crippen LogP contribution in [0.25, 0.3) is 0 Å². The zero-order valence-corrected chi connectivity index (χ0v) is 12.5. The first-order valence-electron chi connectivity index (χ1n) is 7.64. The van der Waals surface area contributed by atoms with E-state index >= 15 is 0 Å². The zero-order valence-electron chi connectivity index (χ0n) is 12.5. The Labute approximate surface area is 112 Å². The highest BCUT2D eigenvalue weighted by molar-refractivity contribution is 4.94. The van der Waals surface area contributed by atoms with Crippen LogP contribution < -0.4 is 0 Å². The number of likely N-dealkylation sites (tertiary alicyclic amines) is 1. The first kappa shape index (κ1) is 14.3. The third-order valence-electron chi connectivity index (χ3n) is 4.56. The van der Waals surface area contributed by atoms with Crippen LogP contribution >= 0.6 is 0 Å². The van der Waals surface area contributed by atoms with E-state index in [9.17, 15) is 0 Å². The van der Waals surface area contributed by atoms with Crippen molar-refractivity contribution in [1.82, 2.24) is 9.80 Å². The van der Waals surface area contributed by atoms with Crippen LogP contribution in [0.5, 0.6) is 0 Å². The maximum atomic E-state index is 6.19. The molecule has 0 aromatic rings. The van der Waals surface area contributed by atoms with Crippen molar-refractivity contribution in [3.05, 3.63) is 0 Å². The molecule has 0 aromatic heterocycles. The molecule has 0 aromatic carbocycles. The molecule has 3 heteroatoms. The van der Waals surface area contributed by atoms with E-state index in [4.69, 9.17) is 4.74 Å². The van der Waals surface area contributed by atoms with E-state index in [-0.39, 0.29) is 5.60 Å². The Balaban J connectivity index is 1.78. The summed E-state index contributed by atoms with van der Waals surface area (Å²) in [5, 5.41) is 0. The van der Waals surface area contributed by atoms with Gasteiger partial charge in [0.2, 0.25) is 0 Å². The van der Waals surface area contributed by atoms with E-state index < -0.39 is 0 Å². The molecule has 0 saturated carbocycles. The number of rotatable bonds is 5. The van der Waals surface area contributed by atoms with Crippen LogP contribution in [0.15, 0.2) is 0 Å². The van der Waals surface area contributed by atoms with Crippen LogP contribution in [-0.4, -0.2) is 62.3 Å². The van der Waals surface area contributed by atoms with Crippen molar-refractivity contribution >= 4 is 0 Å². The van der Waals surface area contributed by atoms with E-state index in [1.54, 1.807) is 0 Å². The van der Waals surface area contributed by atoms with Crippen molar-refractivity contribution in [3.8, 4) is 0 Å². The fraction of sp³-hybridized carbons (Fsp3) is 1.00. The van der Waals surface area contributed by atoms with Gasteiger partial charge in [-0.1, -0.05) is 13.3 Å². The Bertz CT molecular complexity index is 257. The Morgan fingerprint density at radius 3 is 2.89 bits per heavy atom. The molecule has 2 aliphatic heterocycles. The lowest BCUT2D eigenvalue weighted by Crippen LogP contribution is -2.48. The monoisotopic (exact) mass is 254 g/mol. The largest absolute Gasteiger partial charge is 0.373 e. The number of ether oxygens (including phenoxy) is 1. The minimum absolute atomic E-state index is 0.219. The van der Waals surface area contributed by atoms with Gasteiger partial charge in [-0.2, -0.15) is 0 Å². The summed E-state index contributed by atoms with van der Waals surface area (Å²) in [4.78, 5) is 4.91. The van der Waals surface area contributed by atoms with Crippen molar-refractivity contribution < 1.29 is 4.74 Å². The molecule has 2 aliphatic rings. The average Bonchev–Trinajstić information content (AvgIpc) is 2.72.